The largest absolute Gasteiger partial charge is 0.0874 e. The molecule has 0 aliphatic rings. The first kappa shape index (κ1) is 25.4. The van der Waals surface area contributed by atoms with Crippen LogP contribution in [0.1, 0.15) is 99.8 Å². The third-order valence-corrected chi connectivity index (χ3v) is 4.83. The lowest BCUT2D eigenvalue weighted by Crippen LogP contribution is -1.83. The Morgan fingerprint density at radius 1 is 0.556 bits per heavy atom. The summed E-state index contributed by atoms with van der Waals surface area (Å²) in [6.07, 6.45) is 25.5. The van der Waals surface area contributed by atoms with Crippen LogP contribution in [0.25, 0.3) is 0 Å². The van der Waals surface area contributed by atoms with Crippen LogP contribution in [0.5, 0.6) is 0 Å². The fourth-order valence-electron chi connectivity index (χ4n) is 3.01. The smallest absolute Gasteiger partial charge is 0.0247 e. The van der Waals surface area contributed by atoms with Crippen molar-refractivity contribution in [2.75, 3.05) is 0 Å². The number of hydrogen-bond acceptors (Lipinski definition) is 0. The van der Waals surface area contributed by atoms with E-state index in [1.807, 2.05) is 0 Å². The molecule has 0 unspecified atom stereocenters. The van der Waals surface area contributed by atoms with Gasteiger partial charge >= 0.3 is 0 Å². The molecule has 0 spiro atoms. The molecule has 0 bridgehead atoms. The molecule has 0 aromatic carbocycles. The predicted molar refractivity (Wildman–Crippen MR) is 126 cm³/mol. The molecule has 0 fully saturated rings. The molecule has 0 heteroatoms. The lowest BCUT2D eigenvalue weighted by atomic mass is 10.0. The average molecular weight is 369 g/mol. The predicted octanol–water partition coefficient (Wildman–Crippen LogP) is 9.43. The highest BCUT2D eigenvalue weighted by atomic mass is 14.0. The Labute approximate surface area is 170 Å². The maximum atomic E-state index is 2.43. The zero-order chi connectivity index (χ0) is 20.5. The summed E-state index contributed by atoms with van der Waals surface area (Å²) in [5.74, 6) is 0. The van der Waals surface area contributed by atoms with Crippen molar-refractivity contribution in [1.29, 1.82) is 0 Å². The highest BCUT2D eigenvalue weighted by molar-refractivity contribution is 5.18. The van der Waals surface area contributed by atoms with Crippen molar-refractivity contribution >= 4 is 0 Å². The van der Waals surface area contributed by atoms with Gasteiger partial charge in [0.25, 0.3) is 0 Å². The van der Waals surface area contributed by atoms with E-state index in [1.54, 1.807) is 0 Å². The minimum Gasteiger partial charge on any atom is -0.0874 e. The summed E-state index contributed by atoms with van der Waals surface area (Å²) < 4.78 is 0. The number of hydrogen-bond donors (Lipinski definition) is 0. The molecular formula is C27H44. The molecular weight excluding hydrogens is 324 g/mol. The zero-order valence-corrected chi connectivity index (χ0v) is 19.2. The van der Waals surface area contributed by atoms with E-state index in [9.17, 15) is 0 Å². The first-order chi connectivity index (χ1) is 12.9. The van der Waals surface area contributed by atoms with Crippen LogP contribution in [0, 0.1) is 0 Å². The van der Waals surface area contributed by atoms with Gasteiger partial charge in [-0.3, -0.25) is 0 Å². The van der Waals surface area contributed by atoms with Gasteiger partial charge in [-0.15, -0.1) is 0 Å². The summed E-state index contributed by atoms with van der Waals surface area (Å²) in [6.45, 7) is 15.4. The number of allylic oxidation sites excluding steroid dienone is 12. The van der Waals surface area contributed by atoms with E-state index in [-0.39, 0.29) is 0 Å². The Bertz CT molecular complexity index is 569. The molecule has 0 rings (SSSR count). The monoisotopic (exact) mass is 368 g/mol. The van der Waals surface area contributed by atoms with Crippen molar-refractivity contribution < 1.29 is 0 Å². The Morgan fingerprint density at radius 3 is 1.33 bits per heavy atom. The summed E-state index contributed by atoms with van der Waals surface area (Å²) in [5.41, 5.74) is 7.43. The molecule has 0 aliphatic carbocycles. The van der Waals surface area contributed by atoms with E-state index >= 15 is 0 Å². The molecule has 0 heterocycles. The van der Waals surface area contributed by atoms with Gasteiger partial charge in [0.05, 0.1) is 0 Å². The van der Waals surface area contributed by atoms with E-state index in [0.717, 1.165) is 12.8 Å². The molecule has 0 aromatic rings. The first-order valence-corrected chi connectivity index (χ1v) is 10.8. The Balaban J connectivity index is 4.10. The normalized spacial score (nSPS) is 14.2. The molecule has 0 amide bonds. The van der Waals surface area contributed by atoms with Crippen LogP contribution in [0.4, 0.5) is 0 Å². The van der Waals surface area contributed by atoms with E-state index in [0.29, 0.717) is 0 Å². The molecule has 0 N–H and O–H groups in total. The quantitative estimate of drug-likeness (QED) is 0.224. The van der Waals surface area contributed by atoms with E-state index < -0.39 is 0 Å². The van der Waals surface area contributed by atoms with Gasteiger partial charge in [0, 0.05) is 0 Å². The van der Waals surface area contributed by atoms with Gasteiger partial charge in [0.2, 0.25) is 0 Å². The van der Waals surface area contributed by atoms with Gasteiger partial charge in [0.1, 0.15) is 0 Å². The highest BCUT2D eigenvalue weighted by Gasteiger charge is 1.94. The molecule has 0 atom stereocenters. The van der Waals surface area contributed by atoms with Crippen LogP contribution >= 0.6 is 0 Å². The van der Waals surface area contributed by atoms with E-state index in [1.165, 1.54) is 66.4 Å². The first-order valence-electron chi connectivity index (χ1n) is 10.8. The molecule has 27 heavy (non-hydrogen) atoms. The lowest BCUT2D eigenvalue weighted by molar-refractivity contribution is 0.893. The van der Waals surface area contributed by atoms with Gasteiger partial charge in [-0.25, -0.2) is 0 Å². The Hall–Kier alpha value is -1.56. The van der Waals surface area contributed by atoms with Crippen molar-refractivity contribution in [3.63, 3.8) is 0 Å². The van der Waals surface area contributed by atoms with Crippen molar-refractivity contribution in [2.45, 2.75) is 99.8 Å². The molecule has 152 valence electrons. The molecule has 0 saturated heterocycles. The summed E-state index contributed by atoms with van der Waals surface area (Å²) in [6, 6.07) is 0. The number of rotatable bonds is 13. The van der Waals surface area contributed by atoms with Crippen LogP contribution in [0.15, 0.2) is 70.4 Å². The molecule has 0 saturated carbocycles. The molecule has 0 aliphatic heterocycles. The maximum Gasteiger partial charge on any atom is -0.0247 e. The van der Waals surface area contributed by atoms with Gasteiger partial charge < -0.3 is 0 Å². The van der Waals surface area contributed by atoms with Crippen LogP contribution in [0.3, 0.4) is 0 Å². The van der Waals surface area contributed by atoms with Crippen molar-refractivity contribution in [3.05, 3.63) is 70.4 Å². The minimum absolute atomic E-state index is 1.15. The lowest BCUT2D eigenvalue weighted by Gasteiger charge is -2.03. The van der Waals surface area contributed by atoms with Crippen LogP contribution in [-0.4, -0.2) is 0 Å². The van der Waals surface area contributed by atoms with Crippen molar-refractivity contribution in [2.24, 2.45) is 0 Å². The third-order valence-electron chi connectivity index (χ3n) is 4.83. The molecule has 0 nitrogen and oxygen atoms in total. The summed E-state index contributed by atoms with van der Waals surface area (Å²) in [7, 11) is 0. The van der Waals surface area contributed by atoms with E-state index in [2.05, 4.69) is 91.0 Å². The fourth-order valence-corrected chi connectivity index (χ4v) is 3.01. The van der Waals surface area contributed by atoms with Crippen molar-refractivity contribution in [3.8, 4) is 0 Å². The summed E-state index contributed by atoms with van der Waals surface area (Å²) in [5, 5.41) is 0. The van der Waals surface area contributed by atoms with Crippen LogP contribution < -0.4 is 0 Å². The fraction of sp³-hybridized carbons (Fsp3) is 0.556. The highest BCUT2D eigenvalue weighted by Crippen LogP contribution is 2.15. The standard InChI is InChI=1S/C27H44/c1-8-14-27(9-2)22-13-21-26(7)20-12-19-25(6)18-11-17-24(5)16-10-15-23(3)4/h8-9,14-15,17,19,21H,10-13,16,18,20,22H2,1-7H3/b14-8-,24-17+,25-19+,26-21+,27-9+. The van der Waals surface area contributed by atoms with Crippen molar-refractivity contribution in [1.82, 2.24) is 0 Å². The van der Waals surface area contributed by atoms with Crippen LogP contribution in [0.2, 0.25) is 0 Å². The Kier molecular flexibility index (Phi) is 15.6. The van der Waals surface area contributed by atoms with Gasteiger partial charge in [-0.2, -0.15) is 0 Å². The second-order valence-electron chi connectivity index (χ2n) is 7.95. The SMILES string of the molecule is C/C=C\C(=C/C)CC/C=C(\C)CC/C=C(\C)CC/C=C(\C)CCC=C(C)C. The molecule has 0 aromatic heterocycles. The zero-order valence-electron chi connectivity index (χ0n) is 19.2. The topological polar surface area (TPSA) is 0 Å². The minimum atomic E-state index is 1.15. The van der Waals surface area contributed by atoms with Gasteiger partial charge in [0.15, 0.2) is 0 Å². The van der Waals surface area contributed by atoms with E-state index in [4.69, 9.17) is 0 Å². The second-order valence-corrected chi connectivity index (χ2v) is 7.95. The van der Waals surface area contributed by atoms with Gasteiger partial charge in [-0.1, -0.05) is 70.4 Å². The average Bonchev–Trinajstić information content (AvgIpc) is 2.60. The Morgan fingerprint density at radius 2 is 0.963 bits per heavy atom. The maximum absolute atomic E-state index is 2.43. The summed E-state index contributed by atoms with van der Waals surface area (Å²) in [4.78, 5) is 0. The van der Waals surface area contributed by atoms with Gasteiger partial charge in [-0.05, 0) is 99.8 Å². The second kappa shape index (κ2) is 16.6. The van der Waals surface area contributed by atoms with Crippen LogP contribution in [-0.2, 0) is 0 Å². The third kappa shape index (κ3) is 16.3. The molecule has 0 radical (unpaired) electrons. The summed E-state index contributed by atoms with van der Waals surface area (Å²) >= 11 is 0.